The number of aromatic amines is 1. The van der Waals surface area contributed by atoms with E-state index in [9.17, 15) is 9.59 Å². The van der Waals surface area contributed by atoms with Crippen molar-refractivity contribution in [1.82, 2.24) is 19.8 Å². The molecule has 1 saturated heterocycles. The van der Waals surface area contributed by atoms with Crippen molar-refractivity contribution in [1.29, 1.82) is 0 Å². The van der Waals surface area contributed by atoms with Gasteiger partial charge >= 0.3 is 0 Å². The Kier molecular flexibility index (Phi) is 4.73. The summed E-state index contributed by atoms with van der Waals surface area (Å²) in [7, 11) is 1.67. The van der Waals surface area contributed by atoms with Gasteiger partial charge in [0.1, 0.15) is 5.52 Å². The zero-order chi connectivity index (χ0) is 18.2. The molecule has 0 spiro atoms. The van der Waals surface area contributed by atoms with Gasteiger partial charge in [-0.15, -0.1) is 0 Å². The van der Waals surface area contributed by atoms with Gasteiger partial charge in [0.2, 0.25) is 0 Å². The van der Waals surface area contributed by atoms with Crippen molar-refractivity contribution in [2.24, 2.45) is 12.5 Å². The van der Waals surface area contributed by atoms with E-state index < -0.39 is 0 Å². The van der Waals surface area contributed by atoms with E-state index in [2.05, 4.69) is 36.0 Å². The SMILES string of the molecule is CC(C)N1CCC(C)(CNC(=O)c2cn(C)c(=O)c3[nH]ccc23)CC1. The third-order valence-corrected chi connectivity index (χ3v) is 5.55. The van der Waals surface area contributed by atoms with Crippen LogP contribution in [-0.2, 0) is 7.05 Å². The quantitative estimate of drug-likeness (QED) is 0.892. The van der Waals surface area contributed by atoms with Crippen LogP contribution in [0.2, 0.25) is 0 Å². The van der Waals surface area contributed by atoms with Crippen LogP contribution in [0.4, 0.5) is 0 Å². The highest BCUT2D eigenvalue weighted by Crippen LogP contribution is 2.31. The molecule has 0 aromatic carbocycles. The van der Waals surface area contributed by atoms with E-state index in [1.165, 1.54) is 4.57 Å². The first-order chi connectivity index (χ1) is 11.8. The fourth-order valence-electron chi connectivity index (χ4n) is 3.60. The molecule has 1 aliphatic rings. The summed E-state index contributed by atoms with van der Waals surface area (Å²) in [5.41, 5.74) is 1.02. The van der Waals surface area contributed by atoms with E-state index in [1.807, 2.05) is 0 Å². The second-order valence-corrected chi connectivity index (χ2v) is 7.85. The normalized spacial score (nSPS) is 18.0. The average Bonchev–Trinajstić information content (AvgIpc) is 3.06. The molecule has 6 heteroatoms. The number of aryl methyl sites for hydroxylation is 1. The van der Waals surface area contributed by atoms with Gasteiger partial charge in [-0.25, -0.2) is 0 Å². The summed E-state index contributed by atoms with van der Waals surface area (Å²) in [5.74, 6) is -0.118. The number of fused-ring (bicyclic) bond motifs is 1. The molecule has 0 bridgehead atoms. The number of hydrogen-bond acceptors (Lipinski definition) is 3. The van der Waals surface area contributed by atoms with Gasteiger partial charge in [0, 0.05) is 37.4 Å². The molecule has 0 radical (unpaired) electrons. The average molecular weight is 344 g/mol. The minimum Gasteiger partial charge on any atom is -0.357 e. The molecule has 0 aliphatic carbocycles. The Morgan fingerprint density at radius 3 is 2.68 bits per heavy atom. The van der Waals surface area contributed by atoms with Crippen molar-refractivity contribution in [3.05, 3.63) is 34.4 Å². The van der Waals surface area contributed by atoms with E-state index in [-0.39, 0.29) is 16.9 Å². The van der Waals surface area contributed by atoms with Crippen molar-refractivity contribution in [2.75, 3.05) is 19.6 Å². The molecule has 2 aromatic heterocycles. The number of carbonyl (C=O) groups excluding carboxylic acids is 1. The second-order valence-electron chi connectivity index (χ2n) is 7.85. The molecule has 0 saturated carbocycles. The standard InChI is InChI=1S/C19H28N4O2/c1-13(2)23-9-6-19(3,7-10-23)12-21-17(24)15-11-22(4)18(25)16-14(15)5-8-20-16/h5,8,11,13,20H,6-7,9-10,12H2,1-4H3,(H,21,24). The summed E-state index contributed by atoms with van der Waals surface area (Å²) in [6.45, 7) is 9.51. The second kappa shape index (κ2) is 6.67. The minimum absolute atomic E-state index is 0.118. The highest BCUT2D eigenvalue weighted by Gasteiger charge is 2.31. The van der Waals surface area contributed by atoms with Crippen LogP contribution in [0.5, 0.6) is 0 Å². The molecule has 2 N–H and O–H groups in total. The zero-order valence-corrected chi connectivity index (χ0v) is 15.6. The zero-order valence-electron chi connectivity index (χ0n) is 15.6. The van der Waals surface area contributed by atoms with Crippen LogP contribution < -0.4 is 10.9 Å². The smallest absolute Gasteiger partial charge is 0.274 e. The Morgan fingerprint density at radius 1 is 1.36 bits per heavy atom. The van der Waals surface area contributed by atoms with E-state index in [1.54, 1.807) is 25.5 Å². The van der Waals surface area contributed by atoms with Crippen LogP contribution in [0.1, 0.15) is 44.0 Å². The molecule has 25 heavy (non-hydrogen) atoms. The largest absolute Gasteiger partial charge is 0.357 e. The van der Waals surface area contributed by atoms with Crippen LogP contribution >= 0.6 is 0 Å². The van der Waals surface area contributed by atoms with Crippen molar-refractivity contribution < 1.29 is 4.79 Å². The van der Waals surface area contributed by atoms with Gasteiger partial charge in [-0.05, 0) is 51.3 Å². The highest BCUT2D eigenvalue weighted by molar-refractivity contribution is 6.05. The molecule has 1 aliphatic heterocycles. The number of H-pyrrole nitrogens is 1. The van der Waals surface area contributed by atoms with Crippen molar-refractivity contribution >= 4 is 16.8 Å². The lowest BCUT2D eigenvalue weighted by Crippen LogP contribution is -2.46. The van der Waals surface area contributed by atoms with E-state index >= 15 is 0 Å². The first kappa shape index (κ1) is 17.7. The Morgan fingerprint density at radius 2 is 2.04 bits per heavy atom. The summed E-state index contributed by atoms with van der Waals surface area (Å²) in [5, 5.41) is 3.78. The van der Waals surface area contributed by atoms with Gasteiger partial charge in [0.25, 0.3) is 11.5 Å². The van der Waals surface area contributed by atoms with E-state index in [4.69, 9.17) is 0 Å². The number of hydrogen-bond donors (Lipinski definition) is 2. The van der Waals surface area contributed by atoms with E-state index in [0.29, 0.717) is 29.1 Å². The molecule has 3 rings (SSSR count). The van der Waals surface area contributed by atoms with Gasteiger partial charge in [-0.2, -0.15) is 0 Å². The highest BCUT2D eigenvalue weighted by atomic mass is 16.2. The lowest BCUT2D eigenvalue weighted by atomic mass is 9.80. The Bertz CT molecular complexity index is 826. The maximum atomic E-state index is 12.7. The number of amides is 1. The maximum Gasteiger partial charge on any atom is 0.274 e. The summed E-state index contributed by atoms with van der Waals surface area (Å²) in [6.07, 6.45) is 5.49. The van der Waals surface area contributed by atoms with Crippen LogP contribution in [-0.4, -0.2) is 46.0 Å². The molecule has 3 heterocycles. The Labute approximate surface area is 148 Å². The summed E-state index contributed by atoms with van der Waals surface area (Å²) in [4.78, 5) is 30.2. The molecule has 1 fully saturated rings. The van der Waals surface area contributed by atoms with Gasteiger partial charge in [-0.1, -0.05) is 6.92 Å². The van der Waals surface area contributed by atoms with Gasteiger partial charge in [0.05, 0.1) is 5.56 Å². The number of aromatic nitrogens is 2. The fourth-order valence-corrected chi connectivity index (χ4v) is 3.60. The number of likely N-dealkylation sites (tertiary alicyclic amines) is 1. The molecular formula is C19H28N4O2. The summed E-state index contributed by atoms with van der Waals surface area (Å²) >= 11 is 0. The molecule has 0 atom stereocenters. The topological polar surface area (TPSA) is 70.1 Å². The van der Waals surface area contributed by atoms with Gasteiger partial charge < -0.3 is 19.8 Å². The number of pyridine rings is 1. The third-order valence-electron chi connectivity index (χ3n) is 5.55. The first-order valence-electron chi connectivity index (χ1n) is 9.00. The van der Waals surface area contributed by atoms with Crippen molar-refractivity contribution in [3.8, 4) is 0 Å². The number of nitrogens with zero attached hydrogens (tertiary/aromatic N) is 2. The lowest BCUT2D eigenvalue weighted by Gasteiger charge is -2.41. The molecule has 2 aromatic rings. The maximum absolute atomic E-state index is 12.7. The van der Waals surface area contributed by atoms with Gasteiger partial charge in [0.15, 0.2) is 0 Å². The molecule has 6 nitrogen and oxygen atoms in total. The predicted octanol–water partition coefficient (Wildman–Crippen LogP) is 2.11. The summed E-state index contributed by atoms with van der Waals surface area (Å²) in [6, 6.07) is 2.36. The fraction of sp³-hybridized carbons (Fsp3) is 0.579. The molecule has 0 unspecified atom stereocenters. The molecule has 1 amide bonds. The van der Waals surface area contributed by atoms with Crippen molar-refractivity contribution in [3.63, 3.8) is 0 Å². The molecular weight excluding hydrogens is 316 g/mol. The Balaban J connectivity index is 1.71. The molecule has 136 valence electrons. The van der Waals surface area contributed by atoms with Crippen LogP contribution in [0.25, 0.3) is 10.9 Å². The predicted molar refractivity (Wildman–Crippen MR) is 99.9 cm³/mol. The number of carbonyl (C=O) groups is 1. The number of piperidine rings is 1. The van der Waals surface area contributed by atoms with E-state index in [0.717, 1.165) is 25.9 Å². The summed E-state index contributed by atoms with van der Waals surface area (Å²) < 4.78 is 1.45. The number of rotatable bonds is 4. The van der Waals surface area contributed by atoms with Crippen LogP contribution in [0.3, 0.4) is 0 Å². The van der Waals surface area contributed by atoms with Gasteiger partial charge in [-0.3, -0.25) is 9.59 Å². The third kappa shape index (κ3) is 3.49. The first-order valence-corrected chi connectivity index (χ1v) is 9.00. The van der Waals surface area contributed by atoms with Crippen molar-refractivity contribution in [2.45, 2.75) is 39.7 Å². The van der Waals surface area contributed by atoms with Crippen LogP contribution in [0.15, 0.2) is 23.3 Å². The Hall–Kier alpha value is -2.08. The van der Waals surface area contributed by atoms with Crippen LogP contribution in [0, 0.1) is 5.41 Å². The monoisotopic (exact) mass is 344 g/mol. The number of nitrogens with one attached hydrogen (secondary N) is 2. The lowest BCUT2D eigenvalue weighted by molar-refractivity contribution is 0.0807. The minimum atomic E-state index is -0.121.